The predicted molar refractivity (Wildman–Crippen MR) is 122 cm³/mol. The molecule has 35 heavy (non-hydrogen) atoms. The third-order valence-corrected chi connectivity index (χ3v) is 5.18. The molecule has 3 rings (SSSR count). The topological polar surface area (TPSA) is 53.8 Å². The largest absolute Gasteiger partial charge is 0.464 e. The number of nitrogens with zero attached hydrogens (tertiary/aromatic N) is 2. The average Bonchev–Trinajstić information content (AvgIpc) is 3.23. The molecule has 9 heteroatoms. The molecule has 0 saturated heterocycles. The minimum Gasteiger partial charge on any atom is -0.464 e. The molecule has 0 saturated carbocycles. The summed E-state index contributed by atoms with van der Waals surface area (Å²) < 4.78 is 58.2. The third-order valence-electron chi connectivity index (χ3n) is 5.18. The molecule has 3 aromatic rings. The molecule has 0 bridgehead atoms. The second-order valence-corrected chi connectivity index (χ2v) is 7.94. The van der Waals surface area contributed by atoms with E-state index in [1.807, 2.05) is 0 Å². The van der Waals surface area contributed by atoms with Crippen LogP contribution in [-0.4, -0.2) is 34.7 Å². The number of aryl methyl sites for hydroxylation is 1. The van der Waals surface area contributed by atoms with Gasteiger partial charge in [-0.25, -0.2) is 4.39 Å². The van der Waals surface area contributed by atoms with Crippen molar-refractivity contribution in [3.05, 3.63) is 107 Å². The van der Waals surface area contributed by atoms with Crippen molar-refractivity contribution in [3.8, 4) is 0 Å². The molecule has 0 aliphatic heterocycles. The zero-order valence-corrected chi connectivity index (χ0v) is 19.0. The summed E-state index contributed by atoms with van der Waals surface area (Å²) in [7, 11) is 0. The SMILES string of the molecule is C=CCN(CC(=O)N(Cc1ccc(F)cc1)Cc1ccc(C)o1)C(=O)c1cccc(C(F)(F)F)c1. The van der Waals surface area contributed by atoms with E-state index in [1.165, 1.54) is 41.3 Å². The van der Waals surface area contributed by atoms with Gasteiger partial charge in [-0.3, -0.25) is 9.59 Å². The van der Waals surface area contributed by atoms with Crippen LogP contribution in [0.5, 0.6) is 0 Å². The summed E-state index contributed by atoms with van der Waals surface area (Å²) in [6, 6.07) is 13.1. The van der Waals surface area contributed by atoms with E-state index >= 15 is 0 Å². The highest BCUT2D eigenvalue weighted by atomic mass is 19.4. The summed E-state index contributed by atoms with van der Waals surface area (Å²) in [4.78, 5) is 28.8. The van der Waals surface area contributed by atoms with E-state index in [1.54, 1.807) is 19.1 Å². The molecule has 0 aliphatic carbocycles. The van der Waals surface area contributed by atoms with E-state index in [2.05, 4.69) is 6.58 Å². The van der Waals surface area contributed by atoms with Crippen LogP contribution in [0.15, 0.2) is 77.7 Å². The van der Waals surface area contributed by atoms with Crippen molar-refractivity contribution in [1.82, 2.24) is 9.80 Å². The first-order valence-electron chi connectivity index (χ1n) is 10.7. The van der Waals surface area contributed by atoms with Crippen LogP contribution in [0.1, 0.15) is 33.0 Å². The first-order valence-corrected chi connectivity index (χ1v) is 10.7. The van der Waals surface area contributed by atoms with Crippen LogP contribution in [-0.2, 0) is 24.1 Å². The van der Waals surface area contributed by atoms with Gasteiger partial charge in [0.05, 0.1) is 12.1 Å². The van der Waals surface area contributed by atoms with Crippen LogP contribution >= 0.6 is 0 Å². The summed E-state index contributed by atoms with van der Waals surface area (Å²) in [5.74, 6) is -0.456. The normalized spacial score (nSPS) is 11.2. The molecule has 2 aromatic carbocycles. The van der Waals surface area contributed by atoms with Gasteiger partial charge in [0.25, 0.3) is 5.91 Å². The molecule has 0 radical (unpaired) electrons. The van der Waals surface area contributed by atoms with Gasteiger partial charge in [0.15, 0.2) is 0 Å². The highest BCUT2D eigenvalue weighted by molar-refractivity contribution is 5.96. The Kier molecular flexibility index (Phi) is 8.11. The first kappa shape index (κ1) is 25.7. The number of hydrogen-bond donors (Lipinski definition) is 0. The quantitative estimate of drug-likeness (QED) is 0.291. The number of alkyl halides is 3. The standard InChI is InChI=1S/C26H24F4N2O3/c1-3-13-31(25(34)20-5-4-6-21(14-20)26(28,29)30)17-24(33)32(16-23-12-7-18(2)35-23)15-19-8-10-22(27)11-9-19/h3-12,14H,1,13,15-17H2,2H3. The smallest absolute Gasteiger partial charge is 0.416 e. The lowest BCUT2D eigenvalue weighted by atomic mass is 10.1. The fourth-order valence-corrected chi connectivity index (χ4v) is 3.45. The Balaban J connectivity index is 1.83. The Morgan fingerprint density at radius 2 is 1.71 bits per heavy atom. The lowest BCUT2D eigenvalue weighted by Gasteiger charge is -2.27. The van der Waals surface area contributed by atoms with Crippen molar-refractivity contribution < 1.29 is 31.6 Å². The molecular weight excluding hydrogens is 464 g/mol. The van der Waals surface area contributed by atoms with Gasteiger partial charge < -0.3 is 14.2 Å². The van der Waals surface area contributed by atoms with Crippen LogP contribution < -0.4 is 0 Å². The minimum absolute atomic E-state index is 0.0505. The molecule has 0 N–H and O–H groups in total. The number of benzene rings is 2. The average molecular weight is 488 g/mol. The fourth-order valence-electron chi connectivity index (χ4n) is 3.45. The second kappa shape index (κ2) is 11.0. The number of furan rings is 1. The molecule has 1 aromatic heterocycles. The maximum Gasteiger partial charge on any atom is 0.416 e. The van der Waals surface area contributed by atoms with E-state index in [0.29, 0.717) is 17.1 Å². The minimum atomic E-state index is -4.61. The Labute approximate surface area is 200 Å². The number of carbonyl (C=O) groups excluding carboxylic acids is 2. The van der Waals surface area contributed by atoms with Crippen molar-refractivity contribution in [2.24, 2.45) is 0 Å². The molecule has 1 heterocycles. The number of halogens is 4. The van der Waals surface area contributed by atoms with Crippen LogP contribution in [0.2, 0.25) is 0 Å². The van der Waals surface area contributed by atoms with Gasteiger partial charge in [-0.1, -0.05) is 24.3 Å². The van der Waals surface area contributed by atoms with E-state index < -0.39 is 35.9 Å². The van der Waals surface area contributed by atoms with Crippen molar-refractivity contribution in [3.63, 3.8) is 0 Å². The summed E-state index contributed by atoms with van der Waals surface area (Å²) in [6.45, 7) is 5.09. The maximum atomic E-state index is 13.3. The van der Waals surface area contributed by atoms with E-state index in [0.717, 1.165) is 23.1 Å². The Hall–Kier alpha value is -3.88. The van der Waals surface area contributed by atoms with Crippen LogP contribution in [0.3, 0.4) is 0 Å². The Bertz CT molecular complexity index is 1190. The number of hydrogen-bond acceptors (Lipinski definition) is 3. The molecule has 5 nitrogen and oxygen atoms in total. The van der Waals surface area contributed by atoms with E-state index in [4.69, 9.17) is 4.42 Å². The van der Waals surface area contributed by atoms with Crippen molar-refractivity contribution in [2.75, 3.05) is 13.1 Å². The van der Waals surface area contributed by atoms with Crippen molar-refractivity contribution >= 4 is 11.8 Å². The zero-order valence-electron chi connectivity index (χ0n) is 19.0. The summed E-state index contributed by atoms with van der Waals surface area (Å²) >= 11 is 0. The molecule has 2 amide bonds. The molecule has 0 unspecified atom stereocenters. The lowest BCUT2D eigenvalue weighted by molar-refractivity contribution is -0.137. The monoisotopic (exact) mass is 488 g/mol. The number of carbonyl (C=O) groups is 2. The highest BCUT2D eigenvalue weighted by Crippen LogP contribution is 2.29. The van der Waals surface area contributed by atoms with Crippen molar-refractivity contribution in [1.29, 1.82) is 0 Å². The number of amides is 2. The molecule has 0 atom stereocenters. The Morgan fingerprint density at radius 3 is 2.31 bits per heavy atom. The highest BCUT2D eigenvalue weighted by Gasteiger charge is 2.31. The van der Waals surface area contributed by atoms with Gasteiger partial charge in [-0.2, -0.15) is 13.2 Å². The second-order valence-electron chi connectivity index (χ2n) is 7.94. The summed E-state index contributed by atoms with van der Waals surface area (Å²) in [6.07, 6.45) is -3.22. The van der Waals surface area contributed by atoms with Gasteiger partial charge in [-0.05, 0) is 55.0 Å². The van der Waals surface area contributed by atoms with Gasteiger partial charge in [0.2, 0.25) is 5.91 Å². The summed E-state index contributed by atoms with van der Waals surface area (Å²) in [5, 5.41) is 0. The van der Waals surface area contributed by atoms with E-state index in [9.17, 15) is 27.2 Å². The Morgan fingerprint density at radius 1 is 1.00 bits per heavy atom. The van der Waals surface area contributed by atoms with E-state index in [-0.39, 0.29) is 25.2 Å². The van der Waals surface area contributed by atoms with Gasteiger partial charge in [0.1, 0.15) is 23.9 Å². The van der Waals surface area contributed by atoms with Crippen LogP contribution in [0, 0.1) is 12.7 Å². The first-order chi connectivity index (χ1) is 16.6. The van der Waals surface area contributed by atoms with Crippen molar-refractivity contribution in [2.45, 2.75) is 26.2 Å². The van der Waals surface area contributed by atoms with Crippen LogP contribution in [0.25, 0.3) is 0 Å². The summed E-state index contributed by atoms with van der Waals surface area (Å²) in [5.41, 5.74) is -0.497. The molecular formula is C26H24F4N2O3. The maximum absolute atomic E-state index is 13.3. The lowest BCUT2D eigenvalue weighted by Crippen LogP contribution is -2.42. The zero-order chi connectivity index (χ0) is 25.6. The third kappa shape index (κ3) is 7.05. The van der Waals surface area contributed by atoms with Gasteiger partial charge >= 0.3 is 6.18 Å². The number of rotatable bonds is 9. The van der Waals surface area contributed by atoms with Gasteiger partial charge in [0, 0.05) is 18.7 Å². The van der Waals surface area contributed by atoms with Gasteiger partial charge in [-0.15, -0.1) is 6.58 Å². The fraction of sp³-hybridized carbons (Fsp3) is 0.231. The molecule has 0 spiro atoms. The molecule has 0 fully saturated rings. The van der Waals surface area contributed by atoms with Crippen LogP contribution in [0.4, 0.5) is 17.6 Å². The molecule has 184 valence electrons. The predicted octanol–water partition coefficient (Wildman–Crippen LogP) is 5.60. The molecule has 0 aliphatic rings.